The molecule has 0 atom stereocenters. The van der Waals surface area contributed by atoms with Crippen LogP contribution >= 0.6 is 11.6 Å². The normalized spacial score (nSPS) is 14.3. The highest BCUT2D eigenvalue weighted by Gasteiger charge is 2.24. The smallest absolute Gasteiger partial charge is 0.219 e. The van der Waals surface area contributed by atoms with Crippen LogP contribution < -0.4 is 4.90 Å². The summed E-state index contributed by atoms with van der Waals surface area (Å²) in [5.41, 5.74) is 4.02. The van der Waals surface area contributed by atoms with Gasteiger partial charge in [0.15, 0.2) is 5.65 Å². The van der Waals surface area contributed by atoms with E-state index in [1.807, 2.05) is 47.4 Å². The summed E-state index contributed by atoms with van der Waals surface area (Å²) in [7, 11) is 0. The molecule has 156 valence electrons. The molecule has 4 aromatic rings. The summed E-state index contributed by atoms with van der Waals surface area (Å²) in [6.45, 7) is 4.50. The molecule has 0 aliphatic carbocycles. The summed E-state index contributed by atoms with van der Waals surface area (Å²) in [5, 5.41) is 1.71. The van der Waals surface area contributed by atoms with E-state index >= 15 is 0 Å². The number of halogens is 1. The van der Waals surface area contributed by atoms with Crippen LogP contribution in [-0.4, -0.2) is 51.5 Å². The molecule has 0 unspecified atom stereocenters. The van der Waals surface area contributed by atoms with E-state index in [4.69, 9.17) is 11.6 Å². The van der Waals surface area contributed by atoms with Gasteiger partial charge in [0.1, 0.15) is 12.1 Å². The first-order valence-corrected chi connectivity index (χ1v) is 10.7. The van der Waals surface area contributed by atoms with Crippen molar-refractivity contribution in [3.63, 3.8) is 0 Å². The van der Waals surface area contributed by atoms with Crippen molar-refractivity contribution in [3.05, 3.63) is 72.1 Å². The zero-order valence-corrected chi connectivity index (χ0v) is 18.0. The summed E-state index contributed by atoms with van der Waals surface area (Å²) in [6, 6.07) is 18.0. The van der Waals surface area contributed by atoms with Gasteiger partial charge in [-0.05, 0) is 29.8 Å². The number of hydrogen-bond donors (Lipinski definition) is 0. The largest absolute Gasteiger partial charge is 0.352 e. The molecule has 0 spiro atoms. The molecule has 7 heteroatoms. The molecule has 3 heterocycles. The van der Waals surface area contributed by atoms with Crippen molar-refractivity contribution in [2.45, 2.75) is 6.92 Å². The number of hydrogen-bond acceptors (Lipinski definition) is 4. The molecular weight excluding hydrogens is 410 g/mol. The van der Waals surface area contributed by atoms with Crippen LogP contribution in [0.25, 0.3) is 27.8 Å². The molecule has 1 amide bonds. The van der Waals surface area contributed by atoms with Crippen LogP contribution in [0.1, 0.15) is 6.92 Å². The van der Waals surface area contributed by atoms with Crippen molar-refractivity contribution in [3.8, 4) is 16.8 Å². The second-order valence-corrected chi connectivity index (χ2v) is 8.08. The van der Waals surface area contributed by atoms with Crippen molar-refractivity contribution in [2.24, 2.45) is 0 Å². The number of anilines is 1. The highest BCUT2D eigenvalue weighted by molar-refractivity contribution is 6.30. The molecule has 31 heavy (non-hydrogen) atoms. The molecule has 2 aromatic carbocycles. The van der Waals surface area contributed by atoms with Crippen molar-refractivity contribution in [2.75, 3.05) is 31.1 Å². The summed E-state index contributed by atoms with van der Waals surface area (Å²) in [4.78, 5) is 25.2. The van der Waals surface area contributed by atoms with Gasteiger partial charge in [-0.25, -0.2) is 9.97 Å². The maximum Gasteiger partial charge on any atom is 0.219 e. The molecule has 1 aliphatic heterocycles. The fraction of sp³-hybridized carbons (Fsp3) is 0.208. The lowest BCUT2D eigenvalue weighted by Crippen LogP contribution is -2.48. The number of amides is 1. The minimum absolute atomic E-state index is 0.117. The van der Waals surface area contributed by atoms with Gasteiger partial charge in [0.2, 0.25) is 5.91 Å². The van der Waals surface area contributed by atoms with E-state index in [9.17, 15) is 4.79 Å². The van der Waals surface area contributed by atoms with Gasteiger partial charge in [0.25, 0.3) is 0 Å². The van der Waals surface area contributed by atoms with E-state index in [1.165, 1.54) is 0 Å². The first-order chi connectivity index (χ1) is 15.1. The van der Waals surface area contributed by atoms with E-state index in [0.717, 1.165) is 46.8 Å². The van der Waals surface area contributed by atoms with Gasteiger partial charge in [-0.2, -0.15) is 0 Å². The average molecular weight is 432 g/mol. The molecule has 0 saturated carbocycles. The standard InChI is InChI=1S/C24H22ClN5O/c1-17(31)28-11-13-29(14-12-28)23-22-21(18-5-3-2-4-6-18)15-30(24(22)27-16-26-23)20-9-7-19(25)8-10-20/h2-10,15-16H,11-14H2,1H3. The number of piperazine rings is 1. The van der Waals surface area contributed by atoms with E-state index in [1.54, 1.807) is 13.3 Å². The SMILES string of the molecule is CC(=O)N1CCN(c2ncnc3c2c(-c2ccccc2)cn3-c2ccc(Cl)cc2)CC1. The maximum atomic E-state index is 11.7. The van der Waals surface area contributed by atoms with Gasteiger partial charge in [0.05, 0.1) is 5.39 Å². The third-order valence-electron chi connectivity index (χ3n) is 5.78. The summed E-state index contributed by atoms with van der Waals surface area (Å²) < 4.78 is 2.09. The Morgan fingerprint density at radius 2 is 1.65 bits per heavy atom. The number of carbonyl (C=O) groups excluding carboxylic acids is 1. The molecule has 0 N–H and O–H groups in total. The Bertz CT molecular complexity index is 1230. The molecule has 2 aromatic heterocycles. The summed E-state index contributed by atoms with van der Waals surface area (Å²) in [6.07, 6.45) is 3.74. The van der Waals surface area contributed by atoms with Gasteiger partial charge in [-0.15, -0.1) is 0 Å². The van der Waals surface area contributed by atoms with Crippen molar-refractivity contribution in [1.29, 1.82) is 0 Å². The Labute approximate surface area is 185 Å². The Balaban J connectivity index is 1.67. The van der Waals surface area contributed by atoms with E-state index in [0.29, 0.717) is 18.1 Å². The minimum atomic E-state index is 0.117. The van der Waals surface area contributed by atoms with Crippen LogP contribution in [0.2, 0.25) is 5.02 Å². The molecule has 0 bridgehead atoms. The first-order valence-electron chi connectivity index (χ1n) is 10.3. The minimum Gasteiger partial charge on any atom is -0.352 e. The molecule has 1 aliphatic rings. The van der Waals surface area contributed by atoms with Crippen LogP contribution in [0, 0.1) is 0 Å². The topological polar surface area (TPSA) is 54.3 Å². The number of fused-ring (bicyclic) bond motifs is 1. The van der Waals surface area contributed by atoms with Gasteiger partial charge in [0, 0.05) is 55.6 Å². The third-order valence-corrected chi connectivity index (χ3v) is 6.03. The number of benzene rings is 2. The van der Waals surface area contributed by atoms with E-state index in [2.05, 4.69) is 37.8 Å². The first kappa shape index (κ1) is 19.6. The second kappa shape index (κ2) is 8.04. The van der Waals surface area contributed by atoms with Crippen molar-refractivity contribution >= 4 is 34.4 Å². The molecule has 1 fully saturated rings. The number of carbonyl (C=O) groups is 1. The van der Waals surface area contributed by atoms with Gasteiger partial charge in [-0.3, -0.25) is 4.79 Å². The lowest BCUT2D eigenvalue weighted by Gasteiger charge is -2.35. The third kappa shape index (κ3) is 3.64. The van der Waals surface area contributed by atoms with Crippen LogP contribution in [0.15, 0.2) is 67.1 Å². The number of rotatable bonds is 3. The molecule has 1 saturated heterocycles. The predicted molar refractivity (Wildman–Crippen MR) is 124 cm³/mol. The lowest BCUT2D eigenvalue weighted by molar-refractivity contribution is -0.129. The number of nitrogens with zero attached hydrogens (tertiary/aromatic N) is 5. The Morgan fingerprint density at radius 1 is 0.935 bits per heavy atom. The maximum absolute atomic E-state index is 11.7. The van der Waals surface area contributed by atoms with Gasteiger partial charge in [-0.1, -0.05) is 41.9 Å². The van der Waals surface area contributed by atoms with E-state index < -0.39 is 0 Å². The predicted octanol–water partition coefficient (Wildman–Crippen LogP) is 4.41. The van der Waals surface area contributed by atoms with Crippen LogP contribution in [-0.2, 0) is 4.79 Å². The monoisotopic (exact) mass is 431 g/mol. The quantitative estimate of drug-likeness (QED) is 0.482. The molecule has 5 rings (SSSR count). The van der Waals surface area contributed by atoms with Crippen molar-refractivity contribution in [1.82, 2.24) is 19.4 Å². The highest BCUT2D eigenvalue weighted by Crippen LogP contribution is 2.37. The zero-order chi connectivity index (χ0) is 21.4. The molecular formula is C24H22ClN5O. The fourth-order valence-electron chi connectivity index (χ4n) is 4.15. The Kier molecular flexibility index (Phi) is 5.08. The zero-order valence-electron chi connectivity index (χ0n) is 17.2. The van der Waals surface area contributed by atoms with E-state index in [-0.39, 0.29) is 5.91 Å². The van der Waals surface area contributed by atoms with Gasteiger partial charge >= 0.3 is 0 Å². The second-order valence-electron chi connectivity index (χ2n) is 7.64. The van der Waals surface area contributed by atoms with Crippen molar-refractivity contribution < 1.29 is 4.79 Å². The molecule has 0 radical (unpaired) electrons. The van der Waals surface area contributed by atoms with Crippen LogP contribution in [0.4, 0.5) is 5.82 Å². The average Bonchev–Trinajstić information content (AvgIpc) is 3.20. The Morgan fingerprint density at radius 3 is 2.32 bits per heavy atom. The Hall–Kier alpha value is -3.38. The lowest BCUT2D eigenvalue weighted by atomic mass is 10.1. The summed E-state index contributed by atoms with van der Waals surface area (Å²) in [5.74, 6) is 1.02. The van der Waals surface area contributed by atoms with Gasteiger partial charge < -0.3 is 14.4 Å². The van der Waals surface area contributed by atoms with Crippen LogP contribution in [0.3, 0.4) is 0 Å². The number of aromatic nitrogens is 3. The van der Waals surface area contributed by atoms with Crippen LogP contribution in [0.5, 0.6) is 0 Å². The molecule has 6 nitrogen and oxygen atoms in total. The fourth-order valence-corrected chi connectivity index (χ4v) is 4.28. The summed E-state index contributed by atoms with van der Waals surface area (Å²) >= 11 is 6.11. The highest BCUT2D eigenvalue weighted by atomic mass is 35.5.